The SMILES string of the molecule is COc1ccc(/C=C(\C)C(=O)Nc2ccc(N3CCNCC3)c3ccccc23)cc1OC. The van der Waals surface area contributed by atoms with Crippen molar-refractivity contribution >= 4 is 34.1 Å². The first-order chi connectivity index (χ1) is 15.6. The average molecular weight is 432 g/mol. The Labute approximate surface area is 188 Å². The third kappa shape index (κ3) is 4.55. The summed E-state index contributed by atoms with van der Waals surface area (Å²) in [5, 5.41) is 8.67. The topological polar surface area (TPSA) is 62.8 Å². The Bertz CT molecular complexity index is 1150. The minimum absolute atomic E-state index is 0.139. The van der Waals surface area contributed by atoms with E-state index >= 15 is 0 Å². The van der Waals surface area contributed by atoms with Crippen LogP contribution in [0.25, 0.3) is 16.8 Å². The molecule has 0 radical (unpaired) electrons. The lowest BCUT2D eigenvalue weighted by Crippen LogP contribution is -2.43. The maximum absolute atomic E-state index is 13.0. The van der Waals surface area contributed by atoms with E-state index in [0.717, 1.165) is 48.2 Å². The summed E-state index contributed by atoms with van der Waals surface area (Å²) in [6.45, 7) is 5.72. The maximum atomic E-state index is 13.0. The van der Waals surface area contributed by atoms with Crippen LogP contribution >= 0.6 is 0 Å². The molecular weight excluding hydrogens is 402 g/mol. The number of hydrogen-bond acceptors (Lipinski definition) is 5. The molecule has 4 rings (SSSR count). The predicted octanol–water partition coefficient (Wildman–Crippen LogP) is 4.31. The Morgan fingerprint density at radius 3 is 2.41 bits per heavy atom. The number of carbonyl (C=O) groups is 1. The molecule has 1 fully saturated rings. The van der Waals surface area contributed by atoms with E-state index < -0.39 is 0 Å². The minimum atomic E-state index is -0.139. The average Bonchev–Trinajstić information content (AvgIpc) is 2.84. The van der Waals surface area contributed by atoms with Crippen LogP contribution < -0.4 is 25.0 Å². The second-order valence-electron chi connectivity index (χ2n) is 7.81. The lowest BCUT2D eigenvalue weighted by atomic mass is 10.0. The summed E-state index contributed by atoms with van der Waals surface area (Å²) in [6.07, 6.45) is 1.84. The van der Waals surface area contributed by atoms with Gasteiger partial charge in [0.2, 0.25) is 0 Å². The summed E-state index contributed by atoms with van der Waals surface area (Å²) in [5.41, 5.74) is 3.49. The van der Waals surface area contributed by atoms with Crippen molar-refractivity contribution in [2.24, 2.45) is 0 Å². The van der Waals surface area contributed by atoms with Crippen LogP contribution in [0.3, 0.4) is 0 Å². The molecule has 0 unspecified atom stereocenters. The van der Waals surface area contributed by atoms with Crippen LogP contribution in [0.1, 0.15) is 12.5 Å². The van der Waals surface area contributed by atoms with Crippen molar-refractivity contribution in [2.75, 3.05) is 50.6 Å². The van der Waals surface area contributed by atoms with Gasteiger partial charge < -0.3 is 25.0 Å². The van der Waals surface area contributed by atoms with Gasteiger partial charge in [0.15, 0.2) is 11.5 Å². The van der Waals surface area contributed by atoms with Crippen molar-refractivity contribution in [3.63, 3.8) is 0 Å². The van der Waals surface area contributed by atoms with Gasteiger partial charge >= 0.3 is 0 Å². The number of nitrogens with one attached hydrogen (secondary N) is 2. The van der Waals surface area contributed by atoms with Crippen LogP contribution in [0.2, 0.25) is 0 Å². The Hall–Kier alpha value is -3.51. The van der Waals surface area contributed by atoms with Gasteiger partial charge in [-0.05, 0) is 42.8 Å². The number of piperazine rings is 1. The van der Waals surface area contributed by atoms with E-state index in [4.69, 9.17) is 9.47 Å². The van der Waals surface area contributed by atoms with Gasteiger partial charge in [0.1, 0.15) is 0 Å². The molecule has 3 aromatic rings. The molecule has 1 amide bonds. The molecule has 3 aromatic carbocycles. The zero-order chi connectivity index (χ0) is 22.5. The monoisotopic (exact) mass is 431 g/mol. The summed E-state index contributed by atoms with van der Waals surface area (Å²) in [7, 11) is 3.20. The largest absolute Gasteiger partial charge is 0.493 e. The van der Waals surface area contributed by atoms with Crippen molar-refractivity contribution in [3.8, 4) is 11.5 Å². The van der Waals surface area contributed by atoms with Gasteiger partial charge in [-0.25, -0.2) is 0 Å². The number of nitrogens with zero attached hydrogens (tertiary/aromatic N) is 1. The second-order valence-corrected chi connectivity index (χ2v) is 7.81. The molecule has 1 aliphatic rings. The Morgan fingerprint density at radius 1 is 0.969 bits per heavy atom. The van der Waals surface area contributed by atoms with Gasteiger partial charge in [0, 0.05) is 53.9 Å². The first-order valence-electron chi connectivity index (χ1n) is 10.8. The van der Waals surface area contributed by atoms with Crippen molar-refractivity contribution in [2.45, 2.75) is 6.92 Å². The number of fused-ring (bicyclic) bond motifs is 1. The normalized spacial score (nSPS) is 14.3. The van der Waals surface area contributed by atoms with Gasteiger partial charge in [-0.15, -0.1) is 0 Å². The van der Waals surface area contributed by atoms with Crippen LogP contribution in [-0.4, -0.2) is 46.3 Å². The molecule has 166 valence electrons. The summed E-state index contributed by atoms with van der Waals surface area (Å²) < 4.78 is 10.6. The van der Waals surface area contributed by atoms with Crippen LogP contribution in [-0.2, 0) is 4.79 Å². The molecule has 1 aliphatic heterocycles. The summed E-state index contributed by atoms with van der Waals surface area (Å²) in [4.78, 5) is 15.4. The van der Waals surface area contributed by atoms with Crippen LogP contribution in [0, 0.1) is 0 Å². The number of ether oxygens (including phenoxy) is 2. The number of methoxy groups -OCH3 is 2. The molecular formula is C26H29N3O3. The van der Waals surface area contributed by atoms with Crippen molar-refractivity contribution in [1.82, 2.24) is 5.32 Å². The molecule has 6 nitrogen and oxygen atoms in total. The first-order valence-corrected chi connectivity index (χ1v) is 10.8. The van der Waals surface area contributed by atoms with Crippen LogP contribution in [0.4, 0.5) is 11.4 Å². The van der Waals surface area contributed by atoms with Gasteiger partial charge in [-0.3, -0.25) is 4.79 Å². The number of hydrogen-bond donors (Lipinski definition) is 2. The highest BCUT2D eigenvalue weighted by molar-refractivity contribution is 6.12. The van der Waals surface area contributed by atoms with Gasteiger partial charge in [0.25, 0.3) is 5.91 Å². The van der Waals surface area contributed by atoms with E-state index in [1.165, 1.54) is 5.69 Å². The molecule has 32 heavy (non-hydrogen) atoms. The molecule has 0 aromatic heterocycles. The lowest BCUT2D eigenvalue weighted by molar-refractivity contribution is -0.112. The molecule has 1 heterocycles. The molecule has 0 bridgehead atoms. The smallest absolute Gasteiger partial charge is 0.251 e. The van der Waals surface area contributed by atoms with E-state index in [1.807, 2.05) is 49.4 Å². The fraction of sp³-hybridized carbons (Fsp3) is 0.269. The zero-order valence-corrected chi connectivity index (χ0v) is 18.8. The highest BCUT2D eigenvalue weighted by atomic mass is 16.5. The van der Waals surface area contributed by atoms with E-state index in [-0.39, 0.29) is 5.91 Å². The molecule has 0 spiro atoms. The number of rotatable bonds is 6. The highest BCUT2D eigenvalue weighted by Crippen LogP contribution is 2.33. The molecule has 0 aliphatic carbocycles. The number of benzene rings is 3. The van der Waals surface area contributed by atoms with Crippen LogP contribution in [0.15, 0.2) is 60.2 Å². The molecule has 6 heteroatoms. The Balaban J connectivity index is 1.59. The standard InChI is InChI=1S/C26H29N3O3/c1-18(16-19-8-11-24(31-2)25(17-19)32-3)26(30)28-22-9-10-23(29-14-12-27-13-15-29)21-7-5-4-6-20(21)22/h4-11,16-17,27H,12-15H2,1-3H3,(H,28,30)/b18-16+. The fourth-order valence-electron chi connectivity index (χ4n) is 4.05. The summed E-state index contributed by atoms with van der Waals surface area (Å²) in [6, 6.07) is 17.9. The van der Waals surface area contributed by atoms with Crippen molar-refractivity contribution < 1.29 is 14.3 Å². The third-order valence-corrected chi connectivity index (χ3v) is 5.76. The van der Waals surface area contributed by atoms with E-state index in [2.05, 4.69) is 33.7 Å². The molecule has 0 saturated carbocycles. The summed E-state index contributed by atoms with van der Waals surface area (Å²) >= 11 is 0. The second kappa shape index (κ2) is 9.75. The van der Waals surface area contributed by atoms with Crippen molar-refractivity contribution in [3.05, 3.63) is 65.7 Å². The third-order valence-electron chi connectivity index (χ3n) is 5.76. The van der Waals surface area contributed by atoms with Gasteiger partial charge in [-0.1, -0.05) is 30.3 Å². The first kappa shape index (κ1) is 21.7. The molecule has 2 N–H and O–H groups in total. The molecule has 1 saturated heterocycles. The number of carbonyl (C=O) groups excluding carboxylic acids is 1. The van der Waals surface area contributed by atoms with E-state index in [1.54, 1.807) is 14.2 Å². The number of anilines is 2. The van der Waals surface area contributed by atoms with Crippen molar-refractivity contribution in [1.29, 1.82) is 0 Å². The summed E-state index contributed by atoms with van der Waals surface area (Å²) in [5.74, 6) is 1.15. The molecule has 0 atom stereocenters. The lowest BCUT2D eigenvalue weighted by Gasteiger charge is -2.30. The Kier molecular flexibility index (Phi) is 6.61. The van der Waals surface area contributed by atoms with E-state index in [0.29, 0.717) is 17.1 Å². The van der Waals surface area contributed by atoms with Gasteiger partial charge in [0.05, 0.1) is 14.2 Å². The Morgan fingerprint density at radius 2 is 1.69 bits per heavy atom. The number of amides is 1. The highest BCUT2D eigenvalue weighted by Gasteiger charge is 2.16. The fourth-order valence-corrected chi connectivity index (χ4v) is 4.05. The van der Waals surface area contributed by atoms with Crippen LogP contribution in [0.5, 0.6) is 11.5 Å². The minimum Gasteiger partial charge on any atom is -0.493 e. The maximum Gasteiger partial charge on any atom is 0.251 e. The zero-order valence-electron chi connectivity index (χ0n) is 18.8. The predicted molar refractivity (Wildman–Crippen MR) is 131 cm³/mol. The van der Waals surface area contributed by atoms with Gasteiger partial charge in [-0.2, -0.15) is 0 Å². The quantitative estimate of drug-likeness (QED) is 0.570. The van der Waals surface area contributed by atoms with E-state index in [9.17, 15) is 4.79 Å².